The van der Waals surface area contributed by atoms with Crippen molar-refractivity contribution in [2.45, 2.75) is 25.4 Å². The molecule has 2 nitrogen and oxygen atoms in total. The van der Waals surface area contributed by atoms with Gasteiger partial charge in [0.1, 0.15) is 5.82 Å². The van der Waals surface area contributed by atoms with Gasteiger partial charge in [0.15, 0.2) is 0 Å². The Balaban J connectivity index is 2.15. The molecule has 1 heterocycles. The SMILES string of the molecule is CC(c1ccc(Br)cc1F)N(C)C1CCNC1. The molecule has 0 saturated carbocycles. The summed E-state index contributed by atoms with van der Waals surface area (Å²) in [4.78, 5) is 2.26. The first kappa shape index (κ1) is 13.0. The zero-order valence-corrected chi connectivity index (χ0v) is 11.8. The molecule has 0 amide bonds. The van der Waals surface area contributed by atoms with Gasteiger partial charge in [0.2, 0.25) is 0 Å². The lowest BCUT2D eigenvalue weighted by Crippen LogP contribution is -2.35. The zero-order valence-electron chi connectivity index (χ0n) is 10.2. The predicted octanol–water partition coefficient (Wildman–Crippen LogP) is 2.94. The lowest BCUT2D eigenvalue weighted by molar-refractivity contribution is 0.193. The van der Waals surface area contributed by atoms with Gasteiger partial charge in [0.25, 0.3) is 0 Å². The maximum Gasteiger partial charge on any atom is 0.129 e. The van der Waals surface area contributed by atoms with E-state index in [1.54, 1.807) is 0 Å². The van der Waals surface area contributed by atoms with Gasteiger partial charge >= 0.3 is 0 Å². The molecule has 2 rings (SSSR count). The average molecular weight is 301 g/mol. The fourth-order valence-corrected chi connectivity index (χ4v) is 2.70. The van der Waals surface area contributed by atoms with Crippen molar-refractivity contribution in [3.8, 4) is 0 Å². The van der Waals surface area contributed by atoms with E-state index in [1.807, 2.05) is 12.1 Å². The number of hydrogen-bond donors (Lipinski definition) is 1. The summed E-state index contributed by atoms with van der Waals surface area (Å²) in [6.07, 6.45) is 1.14. The summed E-state index contributed by atoms with van der Waals surface area (Å²) in [6.45, 7) is 4.12. The van der Waals surface area contributed by atoms with Crippen LogP contribution in [0.4, 0.5) is 4.39 Å². The number of nitrogens with zero attached hydrogens (tertiary/aromatic N) is 1. The van der Waals surface area contributed by atoms with Crippen LogP contribution in [0.1, 0.15) is 24.9 Å². The Morgan fingerprint density at radius 3 is 2.88 bits per heavy atom. The first-order chi connectivity index (χ1) is 8.09. The van der Waals surface area contributed by atoms with Gasteiger partial charge in [-0.2, -0.15) is 0 Å². The van der Waals surface area contributed by atoms with Gasteiger partial charge in [-0.15, -0.1) is 0 Å². The van der Waals surface area contributed by atoms with E-state index < -0.39 is 0 Å². The summed E-state index contributed by atoms with van der Waals surface area (Å²) < 4.78 is 14.7. The largest absolute Gasteiger partial charge is 0.315 e. The summed E-state index contributed by atoms with van der Waals surface area (Å²) in [5, 5.41) is 3.34. The van der Waals surface area contributed by atoms with Crippen LogP contribution in [0.2, 0.25) is 0 Å². The van der Waals surface area contributed by atoms with Crippen LogP contribution in [-0.4, -0.2) is 31.1 Å². The van der Waals surface area contributed by atoms with Crippen LogP contribution < -0.4 is 5.32 Å². The van der Waals surface area contributed by atoms with Crippen molar-refractivity contribution in [1.82, 2.24) is 10.2 Å². The quantitative estimate of drug-likeness (QED) is 0.923. The third-order valence-electron chi connectivity index (χ3n) is 3.63. The third-order valence-corrected chi connectivity index (χ3v) is 4.13. The monoisotopic (exact) mass is 300 g/mol. The molecule has 1 saturated heterocycles. The number of likely N-dealkylation sites (N-methyl/N-ethyl adjacent to an activating group) is 1. The van der Waals surface area contributed by atoms with E-state index in [0.717, 1.165) is 29.5 Å². The minimum absolute atomic E-state index is 0.105. The van der Waals surface area contributed by atoms with E-state index in [2.05, 4.69) is 40.1 Å². The second-order valence-corrected chi connectivity index (χ2v) is 5.57. The molecule has 17 heavy (non-hydrogen) atoms. The highest BCUT2D eigenvalue weighted by molar-refractivity contribution is 9.10. The van der Waals surface area contributed by atoms with Crippen molar-refractivity contribution in [3.63, 3.8) is 0 Å². The lowest BCUT2D eigenvalue weighted by atomic mass is 10.0. The van der Waals surface area contributed by atoms with E-state index in [1.165, 1.54) is 6.07 Å². The maximum absolute atomic E-state index is 13.9. The summed E-state index contributed by atoms with van der Waals surface area (Å²) >= 11 is 3.29. The Morgan fingerprint density at radius 2 is 2.29 bits per heavy atom. The smallest absolute Gasteiger partial charge is 0.129 e. The van der Waals surface area contributed by atoms with Crippen LogP contribution in [0.25, 0.3) is 0 Å². The van der Waals surface area contributed by atoms with E-state index in [-0.39, 0.29) is 11.9 Å². The molecule has 0 radical (unpaired) electrons. The topological polar surface area (TPSA) is 15.3 Å². The van der Waals surface area contributed by atoms with Crippen molar-refractivity contribution in [2.75, 3.05) is 20.1 Å². The number of benzene rings is 1. The number of nitrogens with one attached hydrogen (secondary N) is 1. The van der Waals surface area contributed by atoms with Crippen LogP contribution in [-0.2, 0) is 0 Å². The van der Waals surface area contributed by atoms with Crippen molar-refractivity contribution in [3.05, 3.63) is 34.1 Å². The standard InChI is InChI=1S/C13H18BrFN2/c1-9(17(2)11-5-6-16-8-11)12-4-3-10(14)7-13(12)15/h3-4,7,9,11,16H,5-6,8H2,1-2H3. The highest BCUT2D eigenvalue weighted by atomic mass is 79.9. The highest BCUT2D eigenvalue weighted by Gasteiger charge is 2.25. The van der Waals surface area contributed by atoms with Crippen LogP contribution in [0.3, 0.4) is 0 Å². The van der Waals surface area contributed by atoms with Crippen molar-refractivity contribution < 1.29 is 4.39 Å². The molecule has 0 spiro atoms. The van der Waals surface area contributed by atoms with Crippen molar-refractivity contribution >= 4 is 15.9 Å². The number of rotatable bonds is 3. The number of halogens is 2. The van der Waals surface area contributed by atoms with Crippen molar-refractivity contribution in [1.29, 1.82) is 0 Å². The second kappa shape index (κ2) is 5.46. The Morgan fingerprint density at radius 1 is 1.53 bits per heavy atom. The van der Waals surface area contributed by atoms with Gasteiger partial charge < -0.3 is 5.32 Å². The van der Waals surface area contributed by atoms with E-state index in [9.17, 15) is 4.39 Å². The maximum atomic E-state index is 13.9. The molecular weight excluding hydrogens is 283 g/mol. The molecule has 2 unspecified atom stereocenters. The van der Waals surface area contributed by atoms with Crippen LogP contribution in [0.5, 0.6) is 0 Å². The zero-order chi connectivity index (χ0) is 12.4. The Hall–Kier alpha value is -0.450. The fourth-order valence-electron chi connectivity index (χ4n) is 2.36. The summed E-state index contributed by atoms with van der Waals surface area (Å²) in [7, 11) is 2.07. The second-order valence-electron chi connectivity index (χ2n) is 4.65. The molecule has 0 aliphatic carbocycles. The molecular formula is C13H18BrFN2. The Kier molecular flexibility index (Phi) is 4.17. The molecule has 1 aliphatic rings. The average Bonchev–Trinajstić information content (AvgIpc) is 2.80. The molecule has 94 valence electrons. The van der Waals surface area contributed by atoms with Crippen LogP contribution >= 0.6 is 15.9 Å². The first-order valence-electron chi connectivity index (χ1n) is 5.97. The van der Waals surface area contributed by atoms with Gasteiger partial charge in [0.05, 0.1) is 0 Å². The van der Waals surface area contributed by atoms with E-state index >= 15 is 0 Å². The molecule has 0 bridgehead atoms. The minimum atomic E-state index is -0.135. The van der Waals surface area contributed by atoms with Gasteiger partial charge in [-0.1, -0.05) is 22.0 Å². The van der Waals surface area contributed by atoms with Gasteiger partial charge in [-0.3, -0.25) is 4.90 Å². The molecule has 1 N–H and O–H groups in total. The van der Waals surface area contributed by atoms with Crippen LogP contribution in [0.15, 0.2) is 22.7 Å². The third kappa shape index (κ3) is 2.87. The molecule has 1 aliphatic heterocycles. The van der Waals surface area contributed by atoms with Crippen LogP contribution in [0, 0.1) is 5.82 Å². The van der Waals surface area contributed by atoms with Crippen molar-refractivity contribution in [2.24, 2.45) is 0 Å². The van der Waals surface area contributed by atoms with Gasteiger partial charge in [-0.05, 0) is 39.1 Å². The minimum Gasteiger partial charge on any atom is -0.315 e. The first-order valence-corrected chi connectivity index (χ1v) is 6.76. The molecule has 4 heteroatoms. The normalized spacial score (nSPS) is 22.1. The lowest BCUT2D eigenvalue weighted by Gasteiger charge is -2.30. The predicted molar refractivity (Wildman–Crippen MR) is 71.6 cm³/mol. The fraction of sp³-hybridized carbons (Fsp3) is 0.538. The summed E-state index contributed by atoms with van der Waals surface area (Å²) in [5.74, 6) is -0.135. The summed E-state index contributed by atoms with van der Waals surface area (Å²) in [5.41, 5.74) is 0.766. The van der Waals surface area contributed by atoms with Gasteiger partial charge in [-0.25, -0.2) is 4.39 Å². The number of hydrogen-bond acceptors (Lipinski definition) is 2. The van der Waals surface area contributed by atoms with E-state index in [0.29, 0.717) is 6.04 Å². The Labute approximate surface area is 110 Å². The molecule has 1 aromatic carbocycles. The van der Waals surface area contributed by atoms with E-state index in [4.69, 9.17) is 0 Å². The molecule has 1 fully saturated rings. The molecule has 0 aromatic heterocycles. The highest BCUT2D eigenvalue weighted by Crippen LogP contribution is 2.26. The Bertz CT molecular complexity index is 391. The molecule has 1 aromatic rings. The van der Waals surface area contributed by atoms with Gasteiger partial charge in [0, 0.05) is 28.7 Å². The summed E-state index contributed by atoms with van der Waals surface area (Å²) in [6, 6.07) is 5.91. The molecule has 2 atom stereocenters.